The molecule has 0 heterocycles. The molecule has 0 amide bonds. The van der Waals surface area contributed by atoms with Crippen molar-refractivity contribution in [2.75, 3.05) is 0 Å². The summed E-state index contributed by atoms with van der Waals surface area (Å²) in [5.41, 5.74) is 3.27. The Morgan fingerprint density at radius 3 is 2.22 bits per heavy atom. The van der Waals surface area contributed by atoms with Gasteiger partial charge in [0.15, 0.2) is 0 Å². The molecule has 1 aliphatic rings. The summed E-state index contributed by atoms with van der Waals surface area (Å²) in [6.07, 6.45) is 1.89. The van der Waals surface area contributed by atoms with Crippen LogP contribution in [0.3, 0.4) is 0 Å². The van der Waals surface area contributed by atoms with Crippen LogP contribution >= 0.6 is 11.6 Å². The summed E-state index contributed by atoms with van der Waals surface area (Å²) in [7, 11) is 0. The highest BCUT2D eigenvalue weighted by atomic mass is 35.5. The number of aromatic hydroxyl groups is 1. The molecule has 0 saturated heterocycles. The van der Waals surface area contributed by atoms with Gasteiger partial charge in [0, 0.05) is 5.41 Å². The van der Waals surface area contributed by atoms with Gasteiger partial charge in [0.2, 0.25) is 0 Å². The highest BCUT2D eigenvalue weighted by Crippen LogP contribution is 2.55. The molecule has 1 aromatic carbocycles. The van der Waals surface area contributed by atoms with Crippen LogP contribution in [0.1, 0.15) is 41.5 Å². The van der Waals surface area contributed by atoms with E-state index in [4.69, 9.17) is 16.7 Å². The van der Waals surface area contributed by atoms with Gasteiger partial charge in [0.1, 0.15) is 5.75 Å². The molecule has 0 bridgehead atoms. The van der Waals surface area contributed by atoms with Crippen LogP contribution in [0.15, 0.2) is 0 Å². The van der Waals surface area contributed by atoms with Crippen LogP contribution in [0.25, 0.3) is 0 Å². The van der Waals surface area contributed by atoms with Gasteiger partial charge in [-0.15, -0.1) is 0 Å². The average Bonchev–Trinajstić information content (AvgIpc) is 3.03. The van der Waals surface area contributed by atoms with Gasteiger partial charge in [-0.3, -0.25) is 4.79 Å². The van der Waals surface area contributed by atoms with Gasteiger partial charge in [0.25, 0.3) is 0 Å². The van der Waals surface area contributed by atoms with Gasteiger partial charge in [-0.25, -0.2) is 0 Å². The van der Waals surface area contributed by atoms with Crippen molar-refractivity contribution in [3.05, 3.63) is 27.3 Å². The third kappa shape index (κ3) is 1.87. The zero-order chi connectivity index (χ0) is 13.7. The van der Waals surface area contributed by atoms with E-state index in [0.717, 1.165) is 35.1 Å². The smallest absolute Gasteiger partial charge is 0.304 e. The molecule has 4 heteroatoms. The molecule has 0 atom stereocenters. The largest absolute Gasteiger partial charge is 0.506 e. The molecular weight excluding hydrogens is 252 g/mol. The van der Waals surface area contributed by atoms with Crippen molar-refractivity contribution in [1.29, 1.82) is 0 Å². The maximum Gasteiger partial charge on any atom is 0.304 e. The molecule has 1 aromatic rings. The van der Waals surface area contributed by atoms with E-state index in [9.17, 15) is 9.90 Å². The fourth-order valence-corrected chi connectivity index (χ4v) is 3.09. The number of hydrogen-bond donors (Lipinski definition) is 2. The van der Waals surface area contributed by atoms with E-state index >= 15 is 0 Å². The first-order chi connectivity index (χ1) is 8.30. The number of benzene rings is 1. The maximum absolute atomic E-state index is 11.0. The van der Waals surface area contributed by atoms with Crippen molar-refractivity contribution in [3.63, 3.8) is 0 Å². The number of phenolic OH excluding ortho intramolecular Hbond substituents is 1. The molecule has 1 saturated carbocycles. The summed E-state index contributed by atoms with van der Waals surface area (Å²) in [6.45, 7) is 5.59. The lowest BCUT2D eigenvalue weighted by Crippen LogP contribution is -2.17. The number of halogens is 1. The predicted octanol–water partition coefficient (Wildman–Crippen LogP) is 3.48. The van der Waals surface area contributed by atoms with E-state index < -0.39 is 5.97 Å². The Kier molecular flexibility index (Phi) is 3.06. The molecule has 0 spiro atoms. The Hall–Kier alpha value is -1.22. The quantitative estimate of drug-likeness (QED) is 0.882. The van der Waals surface area contributed by atoms with Crippen LogP contribution in [0, 0.1) is 20.8 Å². The van der Waals surface area contributed by atoms with Crippen LogP contribution < -0.4 is 0 Å². The summed E-state index contributed by atoms with van der Waals surface area (Å²) in [5, 5.41) is 19.3. The Morgan fingerprint density at radius 2 is 1.78 bits per heavy atom. The van der Waals surface area contributed by atoms with E-state index in [1.807, 2.05) is 20.8 Å². The van der Waals surface area contributed by atoms with Gasteiger partial charge in [0.05, 0.1) is 11.4 Å². The van der Waals surface area contributed by atoms with Crippen LogP contribution in [0.5, 0.6) is 5.75 Å². The normalized spacial score (nSPS) is 16.7. The summed E-state index contributed by atoms with van der Waals surface area (Å²) < 4.78 is 0. The monoisotopic (exact) mass is 268 g/mol. The zero-order valence-corrected chi connectivity index (χ0v) is 11.6. The van der Waals surface area contributed by atoms with Crippen molar-refractivity contribution in [3.8, 4) is 5.75 Å². The number of hydrogen-bond acceptors (Lipinski definition) is 2. The highest BCUT2D eigenvalue weighted by Gasteiger charge is 2.48. The van der Waals surface area contributed by atoms with E-state index in [-0.39, 0.29) is 17.6 Å². The van der Waals surface area contributed by atoms with Gasteiger partial charge in [-0.2, -0.15) is 0 Å². The van der Waals surface area contributed by atoms with Gasteiger partial charge in [-0.1, -0.05) is 11.6 Å². The Bertz CT molecular complexity index is 501. The second-order valence-electron chi connectivity index (χ2n) is 5.26. The molecule has 18 heavy (non-hydrogen) atoms. The summed E-state index contributed by atoms with van der Waals surface area (Å²) in [6, 6.07) is 0. The van der Waals surface area contributed by atoms with E-state index in [1.54, 1.807) is 0 Å². The number of carboxylic acids is 1. The topological polar surface area (TPSA) is 57.5 Å². The summed E-state index contributed by atoms with van der Waals surface area (Å²) in [4.78, 5) is 11.0. The minimum atomic E-state index is -0.784. The van der Waals surface area contributed by atoms with Crippen molar-refractivity contribution in [1.82, 2.24) is 0 Å². The van der Waals surface area contributed by atoms with Crippen LogP contribution in [-0.2, 0) is 10.2 Å². The SMILES string of the molecule is Cc1c(C)c(C2(CC(=O)O)CC2)c(C)c(Cl)c1O. The lowest BCUT2D eigenvalue weighted by atomic mass is 9.83. The van der Waals surface area contributed by atoms with E-state index in [0.29, 0.717) is 5.02 Å². The fraction of sp³-hybridized carbons (Fsp3) is 0.500. The molecule has 2 rings (SSSR count). The molecule has 98 valence electrons. The molecular formula is C14H17ClO3. The lowest BCUT2D eigenvalue weighted by molar-refractivity contribution is -0.137. The molecule has 2 N–H and O–H groups in total. The minimum absolute atomic E-state index is 0.113. The Balaban J connectivity index is 2.62. The highest BCUT2D eigenvalue weighted by molar-refractivity contribution is 6.33. The van der Waals surface area contributed by atoms with Crippen molar-refractivity contribution in [2.45, 2.75) is 45.4 Å². The fourth-order valence-electron chi connectivity index (χ4n) is 2.85. The third-order valence-corrected chi connectivity index (χ3v) is 4.54. The first-order valence-corrected chi connectivity index (χ1v) is 6.38. The number of carbonyl (C=O) groups is 1. The maximum atomic E-state index is 11.0. The van der Waals surface area contributed by atoms with Crippen molar-refractivity contribution in [2.24, 2.45) is 0 Å². The molecule has 1 aliphatic carbocycles. The minimum Gasteiger partial charge on any atom is -0.506 e. The van der Waals surface area contributed by atoms with E-state index in [1.165, 1.54) is 0 Å². The number of rotatable bonds is 3. The number of carboxylic acid groups (broad SMARTS) is 1. The Morgan fingerprint density at radius 1 is 1.22 bits per heavy atom. The van der Waals surface area contributed by atoms with Crippen molar-refractivity contribution >= 4 is 17.6 Å². The first kappa shape index (κ1) is 13.2. The van der Waals surface area contributed by atoms with Gasteiger partial charge >= 0.3 is 5.97 Å². The molecule has 1 fully saturated rings. The second kappa shape index (κ2) is 4.16. The first-order valence-electron chi connectivity index (χ1n) is 6.00. The Labute approximate surface area is 111 Å². The van der Waals surface area contributed by atoms with Gasteiger partial charge in [-0.05, 0) is 55.9 Å². The second-order valence-corrected chi connectivity index (χ2v) is 5.64. The average molecular weight is 269 g/mol. The third-order valence-electron chi connectivity index (χ3n) is 4.08. The number of phenols is 1. The molecule has 3 nitrogen and oxygen atoms in total. The van der Waals surface area contributed by atoms with E-state index in [2.05, 4.69) is 0 Å². The summed E-state index contributed by atoms with van der Waals surface area (Å²) >= 11 is 6.13. The number of aliphatic carboxylic acids is 1. The zero-order valence-electron chi connectivity index (χ0n) is 10.8. The molecule has 0 unspecified atom stereocenters. The predicted molar refractivity (Wildman–Crippen MR) is 70.5 cm³/mol. The van der Waals surface area contributed by atoms with Crippen LogP contribution in [-0.4, -0.2) is 16.2 Å². The van der Waals surface area contributed by atoms with Crippen molar-refractivity contribution < 1.29 is 15.0 Å². The lowest BCUT2D eigenvalue weighted by Gasteiger charge is -2.22. The summed E-state index contributed by atoms with van der Waals surface area (Å²) in [5.74, 6) is -0.672. The molecule has 0 aliphatic heterocycles. The molecule has 0 aromatic heterocycles. The molecule has 0 radical (unpaired) electrons. The van der Waals surface area contributed by atoms with Gasteiger partial charge < -0.3 is 10.2 Å². The van der Waals surface area contributed by atoms with Crippen LogP contribution in [0.2, 0.25) is 5.02 Å². The standard InChI is InChI=1S/C14H17ClO3/c1-7-8(2)13(18)12(15)9(3)11(7)14(4-5-14)6-10(16)17/h18H,4-6H2,1-3H3,(H,16,17). The van der Waals surface area contributed by atoms with Crippen LogP contribution in [0.4, 0.5) is 0 Å².